The molecule has 0 radical (unpaired) electrons. The highest BCUT2D eigenvalue weighted by atomic mass is 32.1. The Bertz CT molecular complexity index is 464. The molecule has 1 aliphatic rings. The predicted molar refractivity (Wildman–Crippen MR) is 76.3 cm³/mol. The zero-order valence-corrected chi connectivity index (χ0v) is 11.8. The lowest BCUT2D eigenvalue weighted by Gasteiger charge is -2.28. The van der Waals surface area contributed by atoms with Crippen LogP contribution in [0.15, 0.2) is 11.4 Å². The fourth-order valence-electron chi connectivity index (χ4n) is 2.24. The number of methoxy groups -OCH3 is 1. The Labute approximate surface area is 116 Å². The van der Waals surface area contributed by atoms with Gasteiger partial charge in [-0.25, -0.2) is 0 Å². The fourth-order valence-corrected chi connectivity index (χ4v) is 3.24. The van der Waals surface area contributed by atoms with E-state index in [1.54, 1.807) is 18.6 Å². The van der Waals surface area contributed by atoms with Gasteiger partial charge in [0.2, 0.25) is 0 Å². The van der Waals surface area contributed by atoms with Gasteiger partial charge >= 0.3 is 0 Å². The Morgan fingerprint density at radius 2 is 2.22 bits per heavy atom. The second kappa shape index (κ2) is 5.24. The molecule has 1 fully saturated rings. The van der Waals surface area contributed by atoms with Crippen LogP contribution >= 0.6 is 23.6 Å². The van der Waals surface area contributed by atoms with Gasteiger partial charge in [-0.2, -0.15) is 0 Å². The van der Waals surface area contributed by atoms with Gasteiger partial charge in [0.15, 0.2) is 0 Å². The number of carbonyl (C=O) groups is 1. The first-order valence-corrected chi connectivity index (χ1v) is 7.11. The van der Waals surface area contributed by atoms with Gasteiger partial charge in [-0.3, -0.25) is 4.79 Å². The molecule has 1 aromatic rings. The van der Waals surface area contributed by atoms with E-state index in [4.69, 9.17) is 22.7 Å². The monoisotopic (exact) mass is 284 g/mol. The first-order valence-electron chi connectivity index (χ1n) is 5.82. The summed E-state index contributed by atoms with van der Waals surface area (Å²) in [7, 11) is 1.58. The summed E-state index contributed by atoms with van der Waals surface area (Å²) >= 11 is 6.46. The number of nitrogens with one attached hydrogen (secondary N) is 1. The van der Waals surface area contributed by atoms with E-state index in [-0.39, 0.29) is 5.91 Å². The summed E-state index contributed by atoms with van der Waals surface area (Å²) in [6, 6.07) is 1.72. The Kier molecular flexibility index (Phi) is 3.87. The highest BCUT2D eigenvalue weighted by Gasteiger charge is 2.38. The van der Waals surface area contributed by atoms with Crippen molar-refractivity contribution in [3.05, 3.63) is 16.3 Å². The van der Waals surface area contributed by atoms with E-state index < -0.39 is 5.54 Å². The lowest BCUT2D eigenvalue weighted by atomic mass is 9.97. The molecule has 18 heavy (non-hydrogen) atoms. The van der Waals surface area contributed by atoms with Crippen molar-refractivity contribution in [2.24, 2.45) is 5.73 Å². The molecule has 3 N–H and O–H groups in total. The van der Waals surface area contributed by atoms with E-state index in [2.05, 4.69) is 5.32 Å². The Morgan fingerprint density at radius 1 is 1.56 bits per heavy atom. The van der Waals surface area contributed by atoms with Crippen LogP contribution in [-0.4, -0.2) is 23.5 Å². The minimum Gasteiger partial charge on any atom is -0.496 e. The zero-order chi connectivity index (χ0) is 13.2. The lowest BCUT2D eigenvalue weighted by molar-refractivity contribution is 0.0928. The Balaban J connectivity index is 2.12. The van der Waals surface area contributed by atoms with Crippen LogP contribution in [0, 0.1) is 0 Å². The maximum absolute atomic E-state index is 12.2. The first kappa shape index (κ1) is 13.3. The van der Waals surface area contributed by atoms with Crippen molar-refractivity contribution in [1.29, 1.82) is 0 Å². The number of rotatable bonds is 4. The molecule has 4 nitrogen and oxygen atoms in total. The van der Waals surface area contributed by atoms with Crippen molar-refractivity contribution in [3.63, 3.8) is 0 Å². The molecule has 0 aromatic carbocycles. The topological polar surface area (TPSA) is 64.3 Å². The van der Waals surface area contributed by atoms with E-state index in [1.807, 2.05) is 0 Å². The lowest BCUT2D eigenvalue weighted by Crippen LogP contribution is -2.54. The van der Waals surface area contributed by atoms with Gasteiger partial charge < -0.3 is 15.8 Å². The van der Waals surface area contributed by atoms with Crippen molar-refractivity contribution >= 4 is 34.5 Å². The van der Waals surface area contributed by atoms with Crippen molar-refractivity contribution in [3.8, 4) is 5.75 Å². The minimum absolute atomic E-state index is 0.127. The van der Waals surface area contributed by atoms with Crippen molar-refractivity contribution in [2.75, 3.05) is 7.11 Å². The second-order valence-corrected chi connectivity index (χ2v) is 5.81. The maximum Gasteiger partial charge on any atom is 0.262 e. The molecule has 0 aliphatic heterocycles. The number of amides is 1. The van der Waals surface area contributed by atoms with Gasteiger partial charge in [-0.15, -0.1) is 11.3 Å². The molecule has 98 valence electrons. The number of thiocarbonyl (C=S) groups is 1. The van der Waals surface area contributed by atoms with Crippen LogP contribution in [0.5, 0.6) is 5.75 Å². The standard InChI is InChI=1S/C12H16N2O2S2/c1-16-8-6-9(18-7-8)10(15)14-12(11(13)17)4-2-3-5-12/h6-7H,2-5H2,1H3,(H2,13,17)(H,14,15). The number of hydrogen-bond acceptors (Lipinski definition) is 4. The average Bonchev–Trinajstić information content (AvgIpc) is 2.97. The van der Waals surface area contributed by atoms with Crippen LogP contribution in [0.3, 0.4) is 0 Å². The first-order chi connectivity index (χ1) is 8.57. The van der Waals surface area contributed by atoms with Gasteiger partial charge in [-0.1, -0.05) is 25.1 Å². The Hall–Kier alpha value is -1.14. The quantitative estimate of drug-likeness (QED) is 0.831. The summed E-state index contributed by atoms with van der Waals surface area (Å²) < 4.78 is 5.07. The number of carbonyl (C=O) groups excluding carboxylic acids is 1. The molecule has 1 heterocycles. The summed E-state index contributed by atoms with van der Waals surface area (Å²) in [6.07, 6.45) is 3.75. The normalized spacial score (nSPS) is 17.4. The molecule has 0 unspecified atom stereocenters. The van der Waals surface area contributed by atoms with Crippen LogP contribution in [0.2, 0.25) is 0 Å². The summed E-state index contributed by atoms with van der Waals surface area (Å²) in [6.45, 7) is 0. The van der Waals surface area contributed by atoms with E-state index in [0.29, 0.717) is 15.6 Å². The highest BCUT2D eigenvalue weighted by molar-refractivity contribution is 7.80. The molecular formula is C12H16N2O2S2. The third-order valence-electron chi connectivity index (χ3n) is 3.32. The van der Waals surface area contributed by atoms with Crippen molar-refractivity contribution in [1.82, 2.24) is 5.32 Å². The smallest absolute Gasteiger partial charge is 0.262 e. The second-order valence-electron chi connectivity index (χ2n) is 4.46. The minimum atomic E-state index is -0.496. The molecule has 1 aromatic heterocycles. The summed E-state index contributed by atoms with van der Waals surface area (Å²) in [4.78, 5) is 13.2. The van der Waals surface area contributed by atoms with E-state index in [0.717, 1.165) is 25.7 Å². The number of thiophene rings is 1. The third-order valence-corrected chi connectivity index (χ3v) is 4.61. The molecule has 0 saturated heterocycles. The molecule has 6 heteroatoms. The van der Waals surface area contributed by atoms with E-state index in [9.17, 15) is 4.79 Å². The SMILES string of the molecule is COc1csc(C(=O)NC2(C(N)=S)CCCC2)c1. The molecule has 1 saturated carbocycles. The molecule has 0 bridgehead atoms. The zero-order valence-electron chi connectivity index (χ0n) is 10.2. The molecular weight excluding hydrogens is 268 g/mol. The molecule has 2 rings (SSSR count). The van der Waals surface area contributed by atoms with Crippen LogP contribution < -0.4 is 15.8 Å². The van der Waals surface area contributed by atoms with Gasteiger partial charge in [0.25, 0.3) is 5.91 Å². The predicted octanol–water partition coefficient (Wildman–Crippen LogP) is 2.09. The largest absolute Gasteiger partial charge is 0.496 e. The van der Waals surface area contributed by atoms with Crippen LogP contribution in [0.1, 0.15) is 35.4 Å². The van der Waals surface area contributed by atoms with Crippen molar-refractivity contribution < 1.29 is 9.53 Å². The molecule has 1 amide bonds. The highest BCUT2D eigenvalue weighted by Crippen LogP contribution is 2.31. The van der Waals surface area contributed by atoms with Gasteiger partial charge in [-0.05, 0) is 12.8 Å². The molecule has 0 atom stereocenters. The summed E-state index contributed by atoms with van der Waals surface area (Å²) in [5.41, 5.74) is 5.29. The maximum atomic E-state index is 12.2. The third kappa shape index (κ3) is 2.49. The van der Waals surface area contributed by atoms with Crippen LogP contribution in [-0.2, 0) is 0 Å². The average molecular weight is 284 g/mol. The fraction of sp³-hybridized carbons (Fsp3) is 0.500. The Morgan fingerprint density at radius 3 is 2.72 bits per heavy atom. The summed E-state index contributed by atoms with van der Waals surface area (Å²) in [5, 5.41) is 4.80. The van der Waals surface area contributed by atoms with Crippen molar-refractivity contribution in [2.45, 2.75) is 31.2 Å². The van der Waals surface area contributed by atoms with E-state index >= 15 is 0 Å². The van der Waals surface area contributed by atoms with E-state index in [1.165, 1.54) is 11.3 Å². The van der Waals surface area contributed by atoms with Gasteiger partial charge in [0.05, 0.1) is 22.5 Å². The van der Waals surface area contributed by atoms with Crippen LogP contribution in [0.25, 0.3) is 0 Å². The number of hydrogen-bond donors (Lipinski definition) is 2. The molecule has 1 aliphatic carbocycles. The van der Waals surface area contributed by atoms with Gasteiger partial charge in [0.1, 0.15) is 5.75 Å². The number of nitrogens with two attached hydrogens (primary N) is 1. The summed E-state index contributed by atoms with van der Waals surface area (Å²) in [5.74, 6) is 0.568. The molecule has 0 spiro atoms. The van der Waals surface area contributed by atoms with Gasteiger partial charge in [0, 0.05) is 11.4 Å². The van der Waals surface area contributed by atoms with Crippen LogP contribution in [0.4, 0.5) is 0 Å². The number of ether oxygens (including phenoxy) is 1.